The normalized spacial score (nSPS) is 14.3. The number of fused-ring (bicyclic) bond motifs is 1. The maximum absolute atomic E-state index is 12.0. The molecule has 0 saturated heterocycles. The number of nitrogens with one attached hydrogen (secondary N) is 1. The van der Waals surface area contributed by atoms with E-state index in [4.69, 9.17) is 0 Å². The van der Waals surface area contributed by atoms with Crippen LogP contribution in [0, 0.1) is 0 Å². The summed E-state index contributed by atoms with van der Waals surface area (Å²) in [6, 6.07) is 15.4. The number of H-pyrrole nitrogens is 1. The fourth-order valence-corrected chi connectivity index (χ4v) is 2.83. The number of hydrogen-bond donors (Lipinski definition) is 1. The van der Waals surface area contributed by atoms with E-state index >= 15 is 0 Å². The molecule has 0 bridgehead atoms. The van der Waals surface area contributed by atoms with Crippen molar-refractivity contribution < 1.29 is 9.59 Å². The lowest BCUT2D eigenvalue weighted by molar-refractivity contribution is -0.119. The van der Waals surface area contributed by atoms with Gasteiger partial charge in [0.2, 0.25) is 0 Å². The zero-order chi connectivity index (χ0) is 15.1. The molecular formula is C18H12N2O2. The molecule has 4 heteroatoms. The molecule has 1 aliphatic rings. The third kappa shape index (κ3) is 1.78. The molecule has 0 unspecified atom stereocenters. The van der Waals surface area contributed by atoms with Crippen LogP contribution in [-0.2, 0) is 9.59 Å². The van der Waals surface area contributed by atoms with E-state index in [-0.39, 0.29) is 11.8 Å². The summed E-state index contributed by atoms with van der Waals surface area (Å²) in [4.78, 5) is 28.4. The van der Waals surface area contributed by atoms with Crippen molar-refractivity contribution in [1.82, 2.24) is 4.98 Å². The van der Waals surface area contributed by atoms with Crippen LogP contribution >= 0.6 is 0 Å². The van der Waals surface area contributed by atoms with Gasteiger partial charge in [-0.3, -0.25) is 9.59 Å². The quantitative estimate of drug-likeness (QED) is 0.736. The van der Waals surface area contributed by atoms with Gasteiger partial charge in [-0.2, -0.15) is 0 Å². The summed E-state index contributed by atoms with van der Waals surface area (Å²) >= 11 is 0. The predicted octanol–water partition coefficient (Wildman–Crippen LogP) is 3.26. The number of nitrogens with zero attached hydrogens (tertiary/aromatic N) is 1. The van der Waals surface area contributed by atoms with E-state index in [2.05, 4.69) is 4.98 Å². The Balaban J connectivity index is 1.94. The van der Waals surface area contributed by atoms with Crippen molar-refractivity contribution in [2.24, 2.45) is 0 Å². The summed E-state index contributed by atoms with van der Waals surface area (Å²) in [5, 5.41) is 1.06. The van der Waals surface area contributed by atoms with Crippen LogP contribution in [0.15, 0.2) is 66.9 Å². The molecule has 0 radical (unpaired) electrons. The summed E-state index contributed by atoms with van der Waals surface area (Å²) in [7, 11) is 0. The van der Waals surface area contributed by atoms with E-state index in [1.54, 1.807) is 6.07 Å². The van der Waals surface area contributed by atoms with Gasteiger partial charge in [-0.1, -0.05) is 36.4 Å². The van der Waals surface area contributed by atoms with Crippen LogP contribution < -0.4 is 4.90 Å². The minimum absolute atomic E-state index is 0.308. The number of carbonyl (C=O) groups is 2. The van der Waals surface area contributed by atoms with E-state index in [0.717, 1.165) is 22.0 Å². The maximum Gasteiger partial charge on any atom is 0.258 e. The first-order valence-corrected chi connectivity index (χ1v) is 6.97. The molecular weight excluding hydrogens is 276 g/mol. The van der Waals surface area contributed by atoms with Gasteiger partial charge in [0.1, 0.15) is 0 Å². The average molecular weight is 288 g/mol. The number of rotatable bonds is 2. The van der Waals surface area contributed by atoms with E-state index < -0.39 is 0 Å². The Bertz CT molecular complexity index is 919. The van der Waals surface area contributed by atoms with E-state index in [9.17, 15) is 9.59 Å². The van der Waals surface area contributed by atoms with Gasteiger partial charge in [0.15, 0.2) is 0 Å². The van der Waals surface area contributed by atoms with Gasteiger partial charge in [0.05, 0.1) is 5.69 Å². The number of para-hydroxylation sites is 2. The largest absolute Gasteiger partial charge is 0.361 e. The summed E-state index contributed by atoms with van der Waals surface area (Å²) < 4.78 is 0. The smallest absolute Gasteiger partial charge is 0.258 e. The highest BCUT2D eigenvalue weighted by Crippen LogP contribution is 2.36. The van der Waals surface area contributed by atoms with E-state index in [0.29, 0.717) is 5.69 Å². The Hall–Kier alpha value is -3.14. The first-order chi connectivity index (χ1) is 10.8. The molecule has 0 spiro atoms. The minimum atomic E-state index is -0.308. The fraction of sp³-hybridized carbons (Fsp3) is 0. The Kier molecular flexibility index (Phi) is 2.69. The van der Waals surface area contributed by atoms with Crippen molar-refractivity contribution in [2.45, 2.75) is 0 Å². The molecule has 0 aliphatic carbocycles. The molecule has 2 aromatic carbocycles. The third-order valence-electron chi connectivity index (χ3n) is 3.83. The van der Waals surface area contributed by atoms with Gasteiger partial charge < -0.3 is 4.98 Å². The lowest BCUT2D eigenvalue weighted by Crippen LogP contribution is -2.29. The zero-order valence-electron chi connectivity index (χ0n) is 11.6. The van der Waals surface area contributed by atoms with Crippen LogP contribution in [0.2, 0.25) is 0 Å². The van der Waals surface area contributed by atoms with Gasteiger partial charge in [-0.15, -0.1) is 0 Å². The molecule has 1 aliphatic heterocycles. The number of benzene rings is 2. The van der Waals surface area contributed by atoms with Crippen molar-refractivity contribution >= 4 is 28.4 Å². The number of amides is 2. The maximum atomic E-state index is 12.0. The van der Waals surface area contributed by atoms with Crippen LogP contribution in [0.4, 0.5) is 5.69 Å². The number of carbonyl (C=O) groups excluding carboxylic acids is 2. The highest BCUT2D eigenvalue weighted by Gasteiger charge is 2.27. The van der Waals surface area contributed by atoms with Gasteiger partial charge in [-0.25, -0.2) is 4.90 Å². The summed E-state index contributed by atoms with van der Waals surface area (Å²) in [6.45, 7) is 0. The van der Waals surface area contributed by atoms with Crippen molar-refractivity contribution in [2.75, 3.05) is 4.90 Å². The molecule has 4 rings (SSSR count). The van der Waals surface area contributed by atoms with Crippen LogP contribution in [0.1, 0.15) is 0 Å². The Morgan fingerprint density at radius 2 is 1.45 bits per heavy atom. The van der Waals surface area contributed by atoms with E-state index in [1.165, 1.54) is 17.1 Å². The first-order valence-electron chi connectivity index (χ1n) is 6.97. The Morgan fingerprint density at radius 3 is 2.27 bits per heavy atom. The topological polar surface area (TPSA) is 53.2 Å². The number of aromatic nitrogens is 1. The molecule has 4 nitrogen and oxygen atoms in total. The lowest BCUT2D eigenvalue weighted by Gasteiger charge is -2.17. The van der Waals surface area contributed by atoms with Gasteiger partial charge in [0.25, 0.3) is 11.8 Å². The molecule has 2 heterocycles. The third-order valence-corrected chi connectivity index (χ3v) is 3.83. The second kappa shape index (κ2) is 4.70. The molecule has 0 atom stereocenters. The average Bonchev–Trinajstić information content (AvgIpc) is 3.11. The second-order valence-electron chi connectivity index (χ2n) is 5.11. The molecule has 22 heavy (non-hydrogen) atoms. The molecule has 106 valence electrons. The SMILES string of the molecule is O=C1C=CC(=O)N1c1ccccc1-c1c[nH]c2ccccc12. The molecule has 3 aromatic rings. The van der Waals surface area contributed by atoms with E-state index in [1.807, 2.05) is 48.7 Å². The number of aromatic amines is 1. The van der Waals surface area contributed by atoms with Gasteiger partial charge in [-0.05, 0) is 12.1 Å². The van der Waals surface area contributed by atoms with Crippen LogP contribution in [0.5, 0.6) is 0 Å². The Labute approximate surface area is 126 Å². The molecule has 0 fully saturated rings. The first kappa shape index (κ1) is 12.6. The van der Waals surface area contributed by atoms with Crippen LogP contribution in [0.3, 0.4) is 0 Å². The summed E-state index contributed by atoms with van der Waals surface area (Å²) in [5.41, 5.74) is 3.45. The minimum Gasteiger partial charge on any atom is -0.361 e. The van der Waals surface area contributed by atoms with Gasteiger partial charge >= 0.3 is 0 Å². The second-order valence-corrected chi connectivity index (χ2v) is 5.11. The number of hydrogen-bond acceptors (Lipinski definition) is 2. The zero-order valence-corrected chi connectivity index (χ0v) is 11.6. The summed E-state index contributed by atoms with van der Waals surface area (Å²) in [5.74, 6) is -0.616. The van der Waals surface area contributed by atoms with Crippen LogP contribution in [-0.4, -0.2) is 16.8 Å². The molecule has 0 saturated carbocycles. The summed E-state index contributed by atoms with van der Waals surface area (Å²) in [6.07, 6.45) is 4.50. The van der Waals surface area contributed by atoms with Crippen LogP contribution in [0.25, 0.3) is 22.0 Å². The highest BCUT2D eigenvalue weighted by atomic mass is 16.2. The lowest BCUT2D eigenvalue weighted by atomic mass is 10.0. The molecule has 2 amide bonds. The van der Waals surface area contributed by atoms with Crippen molar-refractivity contribution in [3.63, 3.8) is 0 Å². The van der Waals surface area contributed by atoms with Gasteiger partial charge in [0, 0.05) is 40.4 Å². The van der Waals surface area contributed by atoms with Crippen molar-refractivity contribution in [3.8, 4) is 11.1 Å². The highest BCUT2D eigenvalue weighted by molar-refractivity contribution is 6.29. The standard InChI is InChI=1S/C18H12N2O2/c21-17-9-10-18(22)20(17)16-8-4-2-6-13(16)14-11-19-15-7-3-1-5-12(14)15/h1-11,19H. The molecule has 1 aromatic heterocycles. The molecule has 1 N–H and O–H groups in total. The fourth-order valence-electron chi connectivity index (χ4n) is 2.83. The Morgan fingerprint density at radius 1 is 0.773 bits per heavy atom. The monoisotopic (exact) mass is 288 g/mol. The number of anilines is 1. The van der Waals surface area contributed by atoms with Crippen molar-refractivity contribution in [3.05, 3.63) is 66.9 Å². The number of imide groups is 1. The van der Waals surface area contributed by atoms with Crippen molar-refractivity contribution in [1.29, 1.82) is 0 Å². The predicted molar refractivity (Wildman–Crippen MR) is 85.4 cm³/mol.